The van der Waals surface area contributed by atoms with Crippen LogP contribution in [0.25, 0.3) is 0 Å². The standard InChI is InChI=1S/C8H16.C2H6.CH4/c1-7-3-5-8(2)6-4-7;1-2;/h7-8H,3-6H2,1-2H3;1-2H3;1H4. The largest absolute Gasteiger partial charge is 0.0776 e. The van der Waals surface area contributed by atoms with E-state index < -0.39 is 0 Å². The van der Waals surface area contributed by atoms with Gasteiger partial charge in [0.25, 0.3) is 0 Å². The highest BCUT2D eigenvalue weighted by atomic mass is 14.2. The molecule has 0 radical (unpaired) electrons. The second-order valence-electron chi connectivity index (χ2n) is 3.37. The van der Waals surface area contributed by atoms with E-state index in [1.165, 1.54) is 25.7 Å². The molecule has 0 unspecified atom stereocenters. The lowest BCUT2D eigenvalue weighted by molar-refractivity contribution is 0.308. The van der Waals surface area contributed by atoms with Crippen LogP contribution in [0.3, 0.4) is 0 Å². The Morgan fingerprint density at radius 2 is 0.909 bits per heavy atom. The molecule has 0 amide bonds. The second-order valence-corrected chi connectivity index (χ2v) is 3.37. The minimum atomic E-state index is 0. The lowest BCUT2D eigenvalue weighted by Crippen LogP contribution is -2.08. The van der Waals surface area contributed by atoms with Crippen molar-refractivity contribution in [2.24, 2.45) is 11.8 Å². The molecule has 0 aromatic heterocycles. The van der Waals surface area contributed by atoms with Crippen molar-refractivity contribution >= 4 is 0 Å². The molecular formula is C11H26. The smallest absolute Gasteiger partial charge is 0.0443 e. The quantitative estimate of drug-likeness (QED) is 0.487. The van der Waals surface area contributed by atoms with Crippen LogP contribution in [-0.2, 0) is 0 Å². The second kappa shape index (κ2) is 8.10. The first-order valence-corrected chi connectivity index (χ1v) is 4.79. The molecule has 0 saturated heterocycles. The molecule has 70 valence electrons. The molecule has 1 aliphatic rings. The van der Waals surface area contributed by atoms with E-state index in [2.05, 4.69) is 13.8 Å². The third-order valence-electron chi connectivity index (χ3n) is 2.30. The molecule has 0 heterocycles. The molecule has 0 heteroatoms. The highest BCUT2D eigenvalue weighted by Gasteiger charge is 2.13. The maximum atomic E-state index is 2.37. The van der Waals surface area contributed by atoms with Crippen LogP contribution in [0.2, 0.25) is 0 Å². The first-order valence-electron chi connectivity index (χ1n) is 4.79. The summed E-state index contributed by atoms with van der Waals surface area (Å²) in [5.74, 6) is 2.04. The molecule has 0 aromatic carbocycles. The summed E-state index contributed by atoms with van der Waals surface area (Å²) >= 11 is 0. The van der Waals surface area contributed by atoms with Gasteiger partial charge in [-0.05, 0) is 11.8 Å². The predicted octanol–water partition coefficient (Wildman–Crippen LogP) is 4.49. The molecule has 0 atom stereocenters. The van der Waals surface area contributed by atoms with Crippen molar-refractivity contribution in [2.75, 3.05) is 0 Å². The highest BCUT2D eigenvalue weighted by molar-refractivity contribution is 4.65. The Kier molecular flexibility index (Phi) is 10.0. The topological polar surface area (TPSA) is 0 Å². The van der Waals surface area contributed by atoms with Gasteiger partial charge in [0.2, 0.25) is 0 Å². The van der Waals surface area contributed by atoms with Crippen LogP contribution < -0.4 is 0 Å². The van der Waals surface area contributed by atoms with Crippen molar-refractivity contribution in [3.63, 3.8) is 0 Å². The SMILES string of the molecule is C.CC.CC1CCC(C)CC1. The van der Waals surface area contributed by atoms with Crippen molar-refractivity contribution in [3.05, 3.63) is 0 Å². The minimum Gasteiger partial charge on any atom is -0.0776 e. The van der Waals surface area contributed by atoms with E-state index in [1.54, 1.807) is 0 Å². The number of rotatable bonds is 0. The molecule has 0 bridgehead atoms. The molecule has 1 fully saturated rings. The predicted molar refractivity (Wildman–Crippen MR) is 54.9 cm³/mol. The van der Waals surface area contributed by atoms with E-state index in [-0.39, 0.29) is 7.43 Å². The Morgan fingerprint density at radius 3 is 1.09 bits per heavy atom. The van der Waals surface area contributed by atoms with Crippen molar-refractivity contribution in [1.82, 2.24) is 0 Å². The van der Waals surface area contributed by atoms with Gasteiger partial charge in [-0.3, -0.25) is 0 Å². The molecule has 0 aliphatic heterocycles. The number of hydrogen-bond acceptors (Lipinski definition) is 0. The van der Waals surface area contributed by atoms with Gasteiger partial charge in [0.05, 0.1) is 0 Å². The third-order valence-corrected chi connectivity index (χ3v) is 2.30. The maximum Gasteiger partial charge on any atom is -0.0443 e. The summed E-state index contributed by atoms with van der Waals surface area (Å²) in [5, 5.41) is 0. The molecule has 1 rings (SSSR count). The molecule has 1 saturated carbocycles. The fourth-order valence-electron chi connectivity index (χ4n) is 1.43. The first-order chi connectivity index (χ1) is 4.79. The van der Waals surface area contributed by atoms with E-state index in [9.17, 15) is 0 Å². The van der Waals surface area contributed by atoms with Crippen LogP contribution in [0, 0.1) is 11.8 Å². The zero-order valence-electron chi connectivity index (χ0n) is 7.98. The van der Waals surface area contributed by atoms with Gasteiger partial charge in [-0.15, -0.1) is 0 Å². The summed E-state index contributed by atoms with van der Waals surface area (Å²) in [6.07, 6.45) is 5.89. The van der Waals surface area contributed by atoms with Gasteiger partial charge in [-0.1, -0.05) is 60.8 Å². The summed E-state index contributed by atoms with van der Waals surface area (Å²) in [5.41, 5.74) is 0. The van der Waals surface area contributed by atoms with Crippen LogP contribution in [0.5, 0.6) is 0 Å². The fraction of sp³-hybridized carbons (Fsp3) is 1.00. The average Bonchev–Trinajstić information content (AvgIpc) is 2.00. The van der Waals surface area contributed by atoms with Crippen molar-refractivity contribution in [2.45, 2.75) is 60.8 Å². The van der Waals surface area contributed by atoms with Crippen LogP contribution in [0.4, 0.5) is 0 Å². The van der Waals surface area contributed by atoms with Crippen LogP contribution >= 0.6 is 0 Å². The molecule has 0 nitrogen and oxygen atoms in total. The van der Waals surface area contributed by atoms with E-state index >= 15 is 0 Å². The Hall–Kier alpha value is 0. The fourth-order valence-corrected chi connectivity index (χ4v) is 1.43. The summed E-state index contributed by atoms with van der Waals surface area (Å²) in [7, 11) is 0. The zero-order valence-corrected chi connectivity index (χ0v) is 7.98. The molecule has 0 aromatic rings. The minimum absolute atomic E-state index is 0. The monoisotopic (exact) mass is 158 g/mol. The summed E-state index contributed by atoms with van der Waals surface area (Å²) in [4.78, 5) is 0. The molecule has 1 aliphatic carbocycles. The van der Waals surface area contributed by atoms with E-state index in [1.807, 2.05) is 13.8 Å². The van der Waals surface area contributed by atoms with Gasteiger partial charge in [0.15, 0.2) is 0 Å². The molecule has 0 spiro atoms. The van der Waals surface area contributed by atoms with Gasteiger partial charge in [-0.2, -0.15) is 0 Å². The first kappa shape index (κ1) is 13.6. The van der Waals surface area contributed by atoms with Gasteiger partial charge in [-0.25, -0.2) is 0 Å². The van der Waals surface area contributed by atoms with Crippen molar-refractivity contribution in [3.8, 4) is 0 Å². The highest BCUT2D eigenvalue weighted by Crippen LogP contribution is 2.27. The zero-order chi connectivity index (χ0) is 7.98. The van der Waals surface area contributed by atoms with Gasteiger partial charge >= 0.3 is 0 Å². The summed E-state index contributed by atoms with van der Waals surface area (Å²) in [6, 6.07) is 0. The summed E-state index contributed by atoms with van der Waals surface area (Å²) < 4.78 is 0. The van der Waals surface area contributed by atoms with Crippen molar-refractivity contribution in [1.29, 1.82) is 0 Å². The average molecular weight is 158 g/mol. The Labute approximate surface area is 73.4 Å². The Morgan fingerprint density at radius 1 is 0.727 bits per heavy atom. The van der Waals surface area contributed by atoms with Crippen molar-refractivity contribution < 1.29 is 0 Å². The molecule has 11 heavy (non-hydrogen) atoms. The third kappa shape index (κ3) is 6.40. The maximum absolute atomic E-state index is 2.37. The lowest BCUT2D eigenvalue weighted by atomic mass is 9.84. The molecular weight excluding hydrogens is 132 g/mol. The van der Waals surface area contributed by atoms with Gasteiger partial charge in [0, 0.05) is 0 Å². The van der Waals surface area contributed by atoms with Gasteiger partial charge in [0.1, 0.15) is 0 Å². The van der Waals surface area contributed by atoms with Crippen LogP contribution in [0.15, 0.2) is 0 Å². The number of hydrogen-bond donors (Lipinski definition) is 0. The molecule has 0 N–H and O–H groups in total. The van der Waals surface area contributed by atoms with Crippen LogP contribution in [-0.4, -0.2) is 0 Å². The lowest BCUT2D eigenvalue weighted by Gasteiger charge is -2.22. The Bertz CT molecular complexity index is 48.4. The van der Waals surface area contributed by atoms with Crippen LogP contribution in [0.1, 0.15) is 60.8 Å². The normalized spacial score (nSPS) is 29.5. The summed E-state index contributed by atoms with van der Waals surface area (Å²) in [6.45, 7) is 8.73. The van der Waals surface area contributed by atoms with E-state index in [0.717, 1.165) is 11.8 Å². The van der Waals surface area contributed by atoms with E-state index in [4.69, 9.17) is 0 Å². The van der Waals surface area contributed by atoms with E-state index in [0.29, 0.717) is 0 Å². The van der Waals surface area contributed by atoms with Gasteiger partial charge < -0.3 is 0 Å². The Balaban J connectivity index is 0.